The molecule has 2 rings (SSSR count). The van der Waals surface area contributed by atoms with Gasteiger partial charge >= 0.3 is 0 Å². The van der Waals surface area contributed by atoms with Gasteiger partial charge in [-0.2, -0.15) is 0 Å². The average molecular weight is 398 g/mol. The first kappa shape index (κ1) is 19.8. The normalized spacial score (nSPS) is 11.2. The predicted molar refractivity (Wildman–Crippen MR) is 99.9 cm³/mol. The molecule has 0 aliphatic heterocycles. The molecule has 0 spiro atoms. The third-order valence-electron chi connectivity index (χ3n) is 3.44. The molecule has 0 saturated heterocycles. The number of nitrogens with zero attached hydrogens (tertiary/aromatic N) is 1. The molecule has 0 saturated carbocycles. The van der Waals surface area contributed by atoms with E-state index in [1.165, 1.54) is 18.2 Å². The van der Waals surface area contributed by atoms with Crippen LogP contribution in [0.5, 0.6) is 0 Å². The van der Waals surface area contributed by atoms with E-state index in [0.29, 0.717) is 23.5 Å². The van der Waals surface area contributed by atoms with Crippen LogP contribution in [0.4, 0.5) is 17.1 Å². The number of nitrogens with two attached hydrogens (primary N) is 1. The topological polar surface area (TPSA) is 144 Å². The minimum Gasteiger partial charge on any atom is -0.385 e. The van der Waals surface area contributed by atoms with Gasteiger partial charge in [0.25, 0.3) is 5.69 Å². The first-order valence-electron chi connectivity index (χ1n) is 7.58. The molecule has 0 radical (unpaired) electrons. The molecule has 0 atom stereocenters. The van der Waals surface area contributed by atoms with Crippen LogP contribution in [0.2, 0.25) is 0 Å². The quantitative estimate of drug-likeness (QED) is 0.354. The van der Waals surface area contributed by atoms with Crippen molar-refractivity contribution in [2.45, 2.75) is 24.0 Å². The Morgan fingerprint density at radius 3 is 2.50 bits per heavy atom. The van der Waals surface area contributed by atoms with Crippen LogP contribution in [0.3, 0.4) is 0 Å². The zero-order valence-electron chi connectivity index (χ0n) is 13.9. The highest BCUT2D eigenvalue weighted by Crippen LogP contribution is 2.29. The standard InChI is InChI=1S/C15H18N4O5S2/c1-10-13(9-15(25-10)26(16,23)24)18-14(20)3-2-8-17-11-4-6-12(7-5-11)19(21)22/h4-7,9,17H,2-3,8H2,1H3,(H,18,20)(H2,16,23,24). The van der Waals surface area contributed by atoms with E-state index in [1.54, 1.807) is 19.1 Å². The van der Waals surface area contributed by atoms with E-state index in [1.807, 2.05) is 0 Å². The van der Waals surface area contributed by atoms with Gasteiger partial charge in [0.15, 0.2) is 0 Å². The summed E-state index contributed by atoms with van der Waals surface area (Å²) in [5, 5.41) is 21.4. The fraction of sp³-hybridized carbons (Fsp3) is 0.267. The smallest absolute Gasteiger partial charge is 0.269 e. The summed E-state index contributed by atoms with van der Waals surface area (Å²) in [5.41, 5.74) is 1.18. The minimum absolute atomic E-state index is 0.00476. The Balaban J connectivity index is 1.79. The van der Waals surface area contributed by atoms with E-state index < -0.39 is 14.9 Å². The first-order valence-corrected chi connectivity index (χ1v) is 9.94. The molecule has 1 heterocycles. The number of sulfonamides is 1. The monoisotopic (exact) mass is 398 g/mol. The molecule has 0 fully saturated rings. The van der Waals surface area contributed by atoms with Crippen molar-refractivity contribution in [3.05, 3.63) is 45.3 Å². The predicted octanol–water partition coefficient (Wildman–Crippen LogP) is 2.44. The molecule has 4 N–H and O–H groups in total. The summed E-state index contributed by atoms with van der Waals surface area (Å²) in [4.78, 5) is 22.7. The second kappa shape index (κ2) is 8.25. The highest BCUT2D eigenvalue weighted by atomic mass is 32.2. The highest BCUT2D eigenvalue weighted by Gasteiger charge is 2.15. The van der Waals surface area contributed by atoms with Crippen molar-refractivity contribution in [1.82, 2.24) is 0 Å². The summed E-state index contributed by atoms with van der Waals surface area (Å²) in [6, 6.07) is 7.35. The molecule has 0 aliphatic rings. The number of amides is 1. The largest absolute Gasteiger partial charge is 0.385 e. The Hall–Kier alpha value is -2.50. The number of hydrogen-bond acceptors (Lipinski definition) is 7. The third kappa shape index (κ3) is 5.51. The summed E-state index contributed by atoms with van der Waals surface area (Å²) in [7, 11) is -3.79. The SMILES string of the molecule is Cc1sc(S(N)(=O)=O)cc1NC(=O)CCCNc1ccc([N+](=O)[O-])cc1. The van der Waals surface area contributed by atoms with Crippen LogP contribution in [0, 0.1) is 17.0 Å². The number of nitro benzene ring substituents is 1. The fourth-order valence-electron chi connectivity index (χ4n) is 2.11. The van der Waals surface area contributed by atoms with Crippen molar-refractivity contribution in [3.63, 3.8) is 0 Å². The van der Waals surface area contributed by atoms with Gasteiger partial charge in [0.2, 0.25) is 15.9 Å². The molecule has 1 amide bonds. The van der Waals surface area contributed by atoms with E-state index in [-0.39, 0.29) is 22.2 Å². The number of nitro groups is 1. The molecule has 0 bridgehead atoms. The lowest BCUT2D eigenvalue weighted by atomic mass is 10.2. The maximum absolute atomic E-state index is 12.0. The summed E-state index contributed by atoms with van der Waals surface area (Å²) >= 11 is 1.00. The number of non-ortho nitro benzene ring substituents is 1. The molecule has 0 unspecified atom stereocenters. The number of carbonyl (C=O) groups excluding carboxylic acids is 1. The third-order valence-corrected chi connectivity index (χ3v) is 5.91. The van der Waals surface area contributed by atoms with Gasteiger partial charge < -0.3 is 10.6 Å². The number of carbonyl (C=O) groups is 1. The number of thiophene rings is 1. The molecular weight excluding hydrogens is 380 g/mol. The van der Waals surface area contributed by atoms with Crippen molar-refractivity contribution in [1.29, 1.82) is 0 Å². The van der Waals surface area contributed by atoms with Gasteiger partial charge in [-0.15, -0.1) is 11.3 Å². The maximum Gasteiger partial charge on any atom is 0.269 e. The van der Waals surface area contributed by atoms with Gasteiger partial charge in [-0.3, -0.25) is 14.9 Å². The summed E-state index contributed by atoms with van der Waals surface area (Å²) in [6.07, 6.45) is 0.772. The van der Waals surface area contributed by atoms with E-state index in [9.17, 15) is 23.3 Å². The maximum atomic E-state index is 12.0. The number of primary sulfonamides is 1. The molecule has 1 aromatic carbocycles. The molecular formula is C15H18N4O5S2. The molecule has 2 aromatic rings. The van der Waals surface area contributed by atoms with Gasteiger partial charge in [0, 0.05) is 35.7 Å². The molecule has 0 aliphatic carbocycles. The van der Waals surface area contributed by atoms with Crippen LogP contribution in [-0.4, -0.2) is 25.8 Å². The van der Waals surface area contributed by atoms with E-state index >= 15 is 0 Å². The summed E-state index contributed by atoms with van der Waals surface area (Å²) < 4.78 is 22.6. The lowest BCUT2D eigenvalue weighted by Crippen LogP contribution is -2.14. The van der Waals surface area contributed by atoms with Crippen LogP contribution < -0.4 is 15.8 Å². The Labute approximate surface area is 154 Å². The van der Waals surface area contributed by atoms with Crippen LogP contribution >= 0.6 is 11.3 Å². The van der Waals surface area contributed by atoms with Crippen molar-refractivity contribution in [2.24, 2.45) is 5.14 Å². The molecule has 26 heavy (non-hydrogen) atoms. The molecule has 140 valence electrons. The van der Waals surface area contributed by atoms with Crippen molar-refractivity contribution >= 4 is 44.3 Å². The number of benzene rings is 1. The fourth-order valence-corrected chi connectivity index (χ4v) is 3.93. The van der Waals surface area contributed by atoms with Gasteiger partial charge in [-0.25, -0.2) is 13.6 Å². The van der Waals surface area contributed by atoms with Gasteiger partial charge in [0.1, 0.15) is 4.21 Å². The zero-order chi connectivity index (χ0) is 19.3. The Bertz CT molecular complexity index is 907. The summed E-state index contributed by atoms with van der Waals surface area (Å²) in [5.74, 6) is -0.239. The summed E-state index contributed by atoms with van der Waals surface area (Å²) in [6.45, 7) is 2.21. The molecule has 1 aromatic heterocycles. The lowest BCUT2D eigenvalue weighted by molar-refractivity contribution is -0.384. The second-order valence-corrected chi connectivity index (χ2v) is 8.51. The van der Waals surface area contributed by atoms with Crippen LogP contribution in [0.25, 0.3) is 0 Å². The Kier molecular flexibility index (Phi) is 6.29. The molecule has 9 nitrogen and oxygen atoms in total. The van der Waals surface area contributed by atoms with Crippen LogP contribution in [0.1, 0.15) is 17.7 Å². The van der Waals surface area contributed by atoms with Gasteiger partial charge in [-0.1, -0.05) is 0 Å². The van der Waals surface area contributed by atoms with E-state index in [4.69, 9.17) is 5.14 Å². The van der Waals surface area contributed by atoms with E-state index in [0.717, 1.165) is 17.0 Å². The minimum atomic E-state index is -3.79. The number of aryl methyl sites for hydroxylation is 1. The zero-order valence-corrected chi connectivity index (χ0v) is 15.5. The Morgan fingerprint density at radius 2 is 1.96 bits per heavy atom. The second-order valence-electron chi connectivity index (χ2n) is 5.46. The Morgan fingerprint density at radius 1 is 1.31 bits per heavy atom. The van der Waals surface area contributed by atoms with Crippen molar-refractivity contribution < 1.29 is 18.1 Å². The lowest BCUT2D eigenvalue weighted by Gasteiger charge is -2.07. The van der Waals surface area contributed by atoms with Gasteiger partial charge in [0.05, 0.1) is 10.6 Å². The molecule has 11 heteroatoms. The van der Waals surface area contributed by atoms with Crippen molar-refractivity contribution in [2.75, 3.05) is 17.2 Å². The number of hydrogen-bond donors (Lipinski definition) is 3. The number of rotatable bonds is 8. The van der Waals surface area contributed by atoms with Gasteiger partial charge in [-0.05, 0) is 31.5 Å². The number of anilines is 2. The van der Waals surface area contributed by atoms with Crippen LogP contribution in [0.15, 0.2) is 34.5 Å². The van der Waals surface area contributed by atoms with E-state index in [2.05, 4.69) is 10.6 Å². The first-order chi connectivity index (χ1) is 12.2. The highest BCUT2D eigenvalue weighted by molar-refractivity contribution is 7.91. The van der Waals surface area contributed by atoms with Crippen LogP contribution in [-0.2, 0) is 14.8 Å². The van der Waals surface area contributed by atoms with Crippen molar-refractivity contribution in [3.8, 4) is 0 Å². The average Bonchev–Trinajstić information content (AvgIpc) is 2.93. The number of nitrogens with one attached hydrogen (secondary N) is 2.